The normalized spacial score (nSPS) is 15.9. The highest BCUT2D eigenvalue weighted by atomic mass is 19.3. The van der Waals surface area contributed by atoms with Crippen molar-refractivity contribution in [3.63, 3.8) is 0 Å². The summed E-state index contributed by atoms with van der Waals surface area (Å²) in [5, 5.41) is 3.78. The number of nitrogens with one attached hydrogen (secondary N) is 2. The van der Waals surface area contributed by atoms with Gasteiger partial charge in [-0.05, 0) is 64.3 Å². The number of ether oxygens (including phenoxy) is 1. The molecule has 0 saturated carbocycles. The Morgan fingerprint density at radius 2 is 1.92 bits per heavy atom. The molecule has 7 nitrogen and oxygen atoms in total. The number of halogens is 2. The molecule has 37 heavy (non-hydrogen) atoms. The average molecular weight is 515 g/mol. The van der Waals surface area contributed by atoms with Crippen molar-refractivity contribution in [2.45, 2.75) is 59.0 Å². The molecule has 0 bridgehead atoms. The van der Waals surface area contributed by atoms with E-state index in [9.17, 15) is 18.4 Å². The fourth-order valence-electron chi connectivity index (χ4n) is 5.84. The lowest BCUT2D eigenvalue weighted by Gasteiger charge is -2.37. The van der Waals surface area contributed by atoms with Crippen LogP contribution in [0.2, 0.25) is 0 Å². The van der Waals surface area contributed by atoms with Crippen LogP contribution in [-0.4, -0.2) is 53.5 Å². The number of carbonyl (C=O) groups excluding carboxylic acids is 1. The van der Waals surface area contributed by atoms with Crippen molar-refractivity contribution in [1.82, 2.24) is 19.8 Å². The van der Waals surface area contributed by atoms with Gasteiger partial charge in [0.05, 0.1) is 31.3 Å². The van der Waals surface area contributed by atoms with Crippen molar-refractivity contribution in [2.24, 2.45) is 5.92 Å². The van der Waals surface area contributed by atoms with Gasteiger partial charge in [0.1, 0.15) is 5.75 Å². The topological polar surface area (TPSA) is 79.4 Å². The van der Waals surface area contributed by atoms with Gasteiger partial charge >= 0.3 is 0 Å². The summed E-state index contributed by atoms with van der Waals surface area (Å²) in [4.78, 5) is 30.6. The second kappa shape index (κ2) is 11.5. The lowest BCUT2D eigenvalue weighted by atomic mass is 9.87. The van der Waals surface area contributed by atoms with E-state index >= 15 is 0 Å². The quantitative estimate of drug-likeness (QED) is 0.430. The predicted octanol–water partition coefficient (Wildman–Crippen LogP) is 4.81. The standard InChI is InChI=1S/C28H36F2N4O3/c1-5-22(19-10-12-33(13-11-19)16-25(29)30)34-18(3)26(20-8-6-7-9-23(20)34)28(36)31-15-21-24(37-4)14-17(2)32-27(21)35/h6-9,14,19,22,25H,5,10-13,15-16H2,1-4H3,(H,31,36)(H,32,35). The van der Waals surface area contributed by atoms with Crippen LogP contribution in [-0.2, 0) is 6.54 Å². The minimum absolute atomic E-state index is 0.0381. The zero-order chi connectivity index (χ0) is 26.7. The number of amides is 1. The molecule has 3 heterocycles. The SMILES string of the molecule is CCC(C1CCN(CC(F)F)CC1)n1c(C)c(C(=O)NCc2c(OC)cc(C)[nH]c2=O)c2ccccc21. The van der Waals surface area contributed by atoms with Crippen molar-refractivity contribution in [3.8, 4) is 5.75 Å². The Balaban J connectivity index is 1.62. The van der Waals surface area contributed by atoms with Crippen molar-refractivity contribution < 1.29 is 18.3 Å². The highest BCUT2D eigenvalue weighted by Crippen LogP contribution is 2.37. The number of hydrogen-bond acceptors (Lipinski definition) is 4. The number of fused-ring (bicyclic) bond motifs is 1. The fraction of sp³-hybridized carbons (Fsp3) is 0.500. The molecule has 0 aliphatic carbocycles. The second-order valence-corrected chi connectivity index (χ2v) is 9.86. The first-order chi connectivity index (χ1) is 17.7. The van der Waals surface area contributed by atoms with Crippen LogP contribution in [0.4, 0.5) is 8.78 Å². The zero-order valence-corrected chi connectivity index (χ0v) is 21.9. The maximum Gasteiger partial charge on any atom is 0.256 e. The van der Waals surface area contributed by atoms with Crippen molar-refractivity contribution >= 4 is 16.8 Å². The molecule has 2 N–H and O–H groups in total. The molecule has 9 heteroatoms. The summed E-state index contributed by atoms with van der Waals surface area (Å²) in [5.41, 5.74) is 3.20. The minimum Gasteiger partial charge on any atom is -0.496 e. The molecule has 3 aromatic rings. The third-order valence-corrected chi connectivity index (χ3v) is 7.58. The molecule has 1 aliphatic heterocycles. The third kappa shape index (κ3) is 5.56. The minimum atomic E-state index is -2.31. The van der Waals surface area contributed by atoms with Gasteiger partial charge < -0.3 is 19.6 Å². The molecule has 200 valence electrons. The van der Waals surface area contributed by atoms with Crippen LogP contribution in [0, 0.1) is 19.8 Å². The number of carbonyl (C=O) groups is 1. The van der Waals surface area contributed by atoms with Gasteiger partial charge in [-0.15, -0.1) is 0 Å². The zero-order valence-electron chi connectivity index (χ0n) is 21.9. The lowest BCUT2D eigenvalue weighted by molar-refractivity contribution is 0.0614. The largest absolute Gasteiger partial charge is 0.496 e. The molecule has 0 spiro atoms. The van der Waals surface area contributed by atoms with Crippen LogP contribution in [0.15, 0.2) is 35.1 Å². The van der Waals surface area contributed by atoms with E-state index in [0.29, 0.717) is 41.6 Å². The smallest absolute Gasteiger partial charge is 0.256 e. The highest BCUT2D eigenvalue weighted by Gasteiger charge is 2.31. The number of rotatable bonds is 9. The number of pyridine rings is 1. The van der Waals surface area contributed by atoms with Gasteiger partial charge in [0.2, 0.25) is 0 Å². The summed E-state index contributed by atoms with van der Waals surface area (Å²) in [6.07, 6.45) is 0.241. The van der Waals surface area contributed by atoms with Crippen LogP contribution >= 0.6 is 0 Å². The number of hydrogen-bond donors (Lipinski definition) is 2. The Hall–Kier alpha value is -3.20. The molecule has 1 aromatic carbocycles. The van der Waals surface area contributed by atoms with E-state index in [0.717, 1.165) is 35.9 Å². The maximum atomic E-state index is 13.5. The van der Waals surface area contributed by atoms with Crippen LogP contribution in [0.5, 0.6) is 5.75 Å². The van der Waals surface area contributed by atoms with Gasteiger partial charge in [-0.2, -0.15) is 0 Å². The van der Waals surface area contributed by atoms with Gasteiger partial charge in [0.25, 0.3) is 17.9 Å². The summed E-state index contributed by atoms with van der Waals surface area (Å²) in [6, 6.07) is 9.75. The monoisotopic (exact) mass is 514 g/mol. The van der Waals surface area contributed by atoms with E-state index in [1.807, 2.05) is 36.1 Å². The molecule has 1 atom stereocenters. The second-order valence-electron chi connectivity index (χ2n) is 9.86. The molecule has 1 unspecified atom stereocenters. The third-order valence-electron chi connectivity index (χ3n) is 7.58. The number of aryl methyl sites for hydroxylation is 1. The molecule has 0 radical (unpaired) electrons. The van der Waals surface area contributed by atoms with Gasteiger partial charge in [-0.3, -0.25) is 14.5 Å². The number of aromatic amines is 1. The van der Waals surface area contributed by atoms with E-state index in [1.165, 1.54) is 7.11 Å². The van der Waals surface area contributed by atoms with Crippen molar-refractivity contribution in [3.05, 3.63) is 63.2 Å². The molecule has 4 rings (SSSR count). The first-order valence-corrected chi connectivity index (χ1v) is 12.9. The molecule has 2 aromatic heterocycles. The number of methoxy groups -OCH3 is 1. The van der Waals surface area contributed by atoms with Crippen LogP contribution in [0.25, 0.3) is 10.9 Å². The van der Waals surface area contributed by atoms with Crippen molar-refractivity contribution in [1.29, 1.82) is 0 Å². The summed E-state index contributed by atoms with van der Waals surface area (Å²) >= 11 is 0. The Morgan fingerprint density at radius 1 is 1.22 bits per heavy atom. The first kappa shape index (κ1) is 26.9. The summed E-state index contributed by atoms with van der Waals surface area (Å²) in [7, 11) is 1.50. The maximum absolute atomic E-state index is 13.5. The Bertz CT molecular complexity index is 1310. The van der Waals surface area contributed by atoms with E-state index < -0.39 is 6.43 Å². The van der Waals surface area contributed by atoms with E-state index in [-0.39, 0.29) is 30.6 Å². The predicted molar refractivity (Wildman–Crippen MR) is 141 cm³/mol. The summed E-state index contributed by atoms with van der Waals surface area (Å²) in [5.74, 6) is 0.515. The van der Waals surface area contributed by atoms with Crippen LogP contribution < -0.4 is 15.6 Å². The Kier molecular flexibility index (Phi) is 8.32. The molecular weight excluding hydrogens is 478 g/mol. The van der Waals surface area contributed by atoms with E-state index in [4.69, 9.17) is 4.74 Å². The van der Waals surface area contributed by atoms with Crippen LogP contribution in [0.3, 0.4) is 0 Å². The van der Waals surface area contributed by atoms with E-state index in [2.05, 4.69) is 21.8 Å². The fourth-order valence-corrected chi connectivity index (χ4v) is 5.84. The number of alkyl halides is 2. The van der Waals surface area contributed by atoms with Gasteiger partial charge in [-0.1, -0.05) is 25.1 Å². The van der Waals surface area contributed by atoms with Gasteiger partial charge in [0.15, 0.2) is 0 Å². The van der Waals surface area contributed by atoms with Gasteiger partial charge in [0, 0.05) is 28.3 Å². The first-order valence-electron chi connectivity index (χ1n) is 12.9. The summed E-state index contributed by atoms with van der Waals surface area (Å²) < 4.78 is 33.3. The van der Waals surface area contributed by atoms with Crippen molar-refractivity contribution in [2.75, 3.05) is 26.7 Å². The molecule has 1 aliphatic rings. The number of piperidine rings is 1. The number of nitrogens with zero attached hydrogens (tertiary/aromatic N) is 2. The van der Waals surface area contributed by atoms with Crippen LogP contribution in [0.1, 0.15) is 59.5 Å². The number of likely N-dealkylation sites (tertiary alicyclic amines) is 1. The molecule has 1 fully saturated rings. The number of benzene rings is 1. The average Bonchev–Trinajstić information content (AvgIpc) is 3.16. The molecule has 1 saturated heterocycles. The summed E-state index contributed by atoms with van der Waals surface area (Å²) in [6.45, 7) is 7.05. The number of H-pyrrole nitrogens is 1. The highest BCUT2D eigenvalue weighted by molar-refractivity contribution is 6.08. The number of para-hydroxylation sites is 1. The lowest BCUT2D eigenvalue weighted by Crippen LogP contribution is -2.39. The molecule has 1 amide bonds. The van der Waals surface area contributed by atoms with E-state index in [1.54, 1.807) is 13.0 Å². The number of aromatic nitrogens is 2. The molecular formula is C28H36F2N4O3. The van der Waals surface area contributed by atoms with Gasteiger partial charge in [-0.25, -0.2) is 8.78 Å². The Labute approximate surface area is 215 Å². The Morgan fingerprint density at radius 3 is 2.57 bits per heavy atom.